The van der Waals surface area contributed by atoms with Crippen LogP contribution in [0.4, 0.5) is 0 Å². The maximum atomic E-state index is 7.75. The molecule has 24 valence electrons. The predicted molar refractivity (Wildman–Crippen MR) is 16.0 cm³/mol. The second-order valence-corrected chi connectivity index (χ2v) is 0.512. The van der Waals surface area contributed by atoms with E-state index in [-0.39, 0.29) is 6.61 Å². The highest BCUT2D eigenvalue weighted by atomic mass is 16.2. The Labute approximate surface area is 26.3 Å². The van der Waals surface area contributed by atoms with Crippen LogP contribution >= 0.6 is 0 Å². The minimum absolute atomic E-state index is 0.0972. The average Bonchev–Trinajstić information content (AvgIpc) is 1.37. The number of aliphatic hydroxyl groups is 1. The van der Waals surface area contributed by atoms with Crippen molar-refractivity contribution in [1.29, 1.82) is 0 Å². The summed E-state index contributed by atoms with van der Waals surface area (Å²) in [6.07, 6.45) is 0.375. The van der Waals surface area contributed by atoms with Gasteiger partial charge in [0.15, 0.2) is 0 Å². The number of hydrogen-bond donors (Lipinski definition) is 1. The molecule has 1 N–H and O–H groups in total. The van der Waals surface area contributed by atoms with Gasteiger partial charge in [-0.1, -0.05) is 0 Å². The van der Waals surface area contributed by atoms with Crippen molar-refractivity contribution in [1.82, 2.24) is 0 Å². The molecule has 0 amide bonds. The van der Waals surface area contributed by atoms with Gasteiger partial charge >= 0.3 is 0 Å². The van der Waals surface area contributed by atoms with Crippen LogP contribution in [0, 0.1) is 6.92 Å². The van der Waals surface area contributed by atoms with Gasteiger partial charge in [0, 0.05) is 6.61 Å². The Morgan fingerprint density at radius 1 is 1.75 bits per heavy atom. The van der Waals surface area contributed by atoms with Gasteiger partial charge in [-0.05, 0) is 13.3 Å². The SMILES string of the molecule is [CH]CCO. The maximum Gasteiger partial charge on any atom is 0.0433 e. The molecule has 0 aliphatic rings. The summed E-state index contributed by atoms with van der Waals surface area (Å²) in [6, 6.07) is 0. The van der Waals surface area contributed by atoms with Crippen LogP contribution in [0.1, 0.15) is 6.42 Å². The van der Waals surface area contributed by atoms with E-state index in [4.69, 9.17) is 12.0 Å². The Kier molecular flexibility index (Phi) is 2.93. The molecule has 0 aromatic heterocycles. The standard InChI is InChI=1S/C3H6O/c1-2-3-4/h1,4H,2-3H2. The summed E-state index contributed by atoms with van der Waals surface area (Å²) in [4.78, 5) is 0. The van der Waals surface area contributed by atoms with Gasteiger partial charge in [-0.3, -0.25) is 0 Å². The third-order valence-corrected chi connectivity index (χ3v) is 0.129. The van der Waals surface area contributed by atoms with E-state index < -0.39 is 0 Å². The summed E-state index contributed by atoms with van der Waals surface area (Å²) >= 11 is 0. The summed E-state index contributed by atoms with van der Waals surface area (Å²) in [6.45, 7) is 4.88. The fourth-order valence-electron chi connectivity index (χ4n) is 0. The Balaban J connectivity index is 1.97. The molecule has 1 nitrogen and oxygen atoms in total. The van der Waals surface area contributed by atoms with Gasteiger partial charge < -0.3 is 5.11 Å². The molecule has 0 rings (SSSR count). The molecular formula is C3H6O. The average molecular weight is 58.1 g/mol. The van der Waals surface area contributed by atoms with Crippen LogP contribution in [0.3, 0.4) is 0 Å². The summed E-state index contributed by atoms with van der Waals surface area (Å²) in [7, 11) is 0. The second kappa shape index (κ2) is 2.96. The molecule has 1 heteroatoms. The van der Waals surface area contributed by atoms with Gasteiger partial charge in [0.05, 0.1) is 0 Å². The van der Waals surface area contributed by atoms with Crippen LogP contribution in [0.2, 0.25) is 0 Å². The first kappa shape index (κ1) is 3.96. The molecule has 0 fully saturated rings. The molecular weight excluding hydrogens is 52.0 g/mol. The van der Waals surface area contributed by atoms with Crippen LogP contribution in [0.25, 0.3) is 0 Å². The van der Waals surface area contributed by atoms with Crippen molar-refractivity contribution in [2.75, 3.05) is 6.61 Å². The summed E-state index contributed by atoms with van der Waals surface area (Å²) in [5, 5.41) is 7.75. The van der Waals surface area contributed by atoms with Crippen molar-refractivity contribution in [3.8, 4) is 0 Å². The monoisotopic (exact) mass is 58.0 g/mol. The molecule has 0 spiro atoms. The fraction of sp³-hybridized carbons (Fsp3) is 0.667. The molecule has 0 aromatic rings. The Morgan fingerprint density at radius 3 is 2.00 bits per heavy atom. The number of aliphatic hydroxyl groups excluding tert-OH is 1. The van der Waals surface area contributed by atoms with Crippen molar-refractivity contribution in [3.63, 3.8) is 0 Å². The first-order valence-corrected chi connectivity index (χ1v) is 1.22. The molecule has 0 unspecified atom stereocenters. The number of hydrogen-bond acceptors (Lipinski definition) is 1. The number of rotatable bonds is 1. The highest BCUT2D eigenvalue weighted by Crippen LogP contribution is 1.60. The van der Waals surface area contributed by atoms with E-state index in [1.54, 1.807) is 0 Å². The van der Waals surface area contributed by atoms with E-state index in [2.05, 4.69) is 0 Å². The van der Waals surface area contributed by atoms with Gasteiger partial charge in [-0.25, -0.2) is 0 Å². The van der Waals surface area contributed by atoms with Gasteiger partial charge in [-0.2, -0.15) is 0 Å². The first-order valence-electron chi connectivity index (χ1n) is 1.22. The van der Waals surface area contributed by atoms with Crippen molar-refractivity contribution >= 4 is 0 Å². The summed E-state index contributed by atoms with van der Waals surface area (Å²) in [5.41, 5.74) is 0. The van der Waals surface area contributed by atoms with E-state index in [0.29, 0.717) is 6.42 Å². The van der Waals surface area contributed by atoms with Crippen molar-refractivity contribution in [2.45, 2.75) is 6.42 Å². The molecule has 0 aliphatic carbocycles. The van der Waals surface area contributed by atoms with E-state index in [1.807, 2.05) is 0 Å². The van der Waals surface area contributed by atoms with Crippen LogP contribution in [0.15, 0.2) is 0 Å². The van der Waals surface area contributed by atoms with Crippen LogP contribution in [0.5, 0.6) is 0 Å². The lowest BCUT2D eigenvalue weighted by Gasteiger charge is -1.68. The highest BCUT2D eigenvalue weighted by Gasteiger charge is 1.57. The molecule has 4 heavy (non-hydrogen) atoms. The predicted octanol–water partition coefficient (Wildman–Crippen LogP) is 0.0799. The second-order valence-electron chi connectivity index (χ2n) is 0.512. The van der Waals surface area contributed by atoms with Crippen LogP contribution < -0.4 is 0 Å². The quantitative estimate of drug-likeness (QED) is 0.452. The van der Waals surface area contributed by atoms with Gasteiger partial charge in [0.25, 0.3) is 0 Å². The highest BCUT2D eigenvalue weighted by molar-refractivity contribution is 4.28. The van der Waals surface area contributed by atoms with E-state index in [0.717, 1.165) is 0 Å². The normalized spacial score (nSPS) is 7.50. The topological polar surface area (TPSA) is 20.2 Å². The third kappa shape index (κ3) is 1.96. The zero-order valence-corrected chi connectivity index (χ0v) is 2.44. The molecule has 0 atom stereocenters. The smallest absolute Gasteiger partial charge is 0.0433 e. The Hall–Kier alpha value is -0.0400. The Bertz CT molecular complexity index is 5.25. The summed E-state index contributed by atoms with van der Waals surface area (Å²) in [5.74, 6) is 0. The minimum Gasteiger partial charge on any atom is -0.396 e. The largest absolute Gasteiger partial charge is 0.396 e. The van der Waals surface area contributed by atoms with Crippen molar-refractivity contribution in [3.05, 3.63) is 6.92 Å². The summed E-state index contributed by atoms with van der Waals surface area (Å²) < 4.78 is 0. The molecule has 0 saturated heterocycles. The fourth-order valence-corrected chi connectivity index (χ4v) is 0. The zero-order chi connectivity index (χ0) is 3.41. The molecule has 0 heterocycles. The lowest BCUT2D eigenvalue weighted by Crippen LogP contribution is -1.70. The zero-order valence-electron chi connectivity index (χ0n) is 2.44. The van der Waals surface area contributed by atoms with Gasteiger partial charge in [0.1, 0.15) is 0 Å². The van der Waals surface area contributed by atoms with E-state index in [1.165, 1.54) is 0 Å². The first-order chi connectivity index (χ1) is 1.91. The molecule has 0 aliphatic heterocycles. The van der Waals surface area contributed by atoms with Crippen LogP contribution in [-0.4, -0.2) is 11.7 Å². The Morgan fingerprint density at radius 2 is 2.00 bits per heavy atom. The molecule has 0 bridgehead atoms. The maximum absolute atomic E-state index is 7.75. The lowest BCUT2D eigenvalue weighted by molar-refractivity contribution is 0.302. The van der Waals surface area contributed by atoms with Crippen LogP contribution in [-0.2, 0) is 0 Å². The van der Waals surface area contributed by atoms with E-state index in [9.17, 15) is 0 Å². The van der Waals surface area contributed by atoms with Crippen molar-refractivity contribution in [2.24, 2.45) is 0 Å². The lowest BCUT2D eigenvalue weighted by atomic mass is 10.5. The minimum atomic E-state index is 0.0972. The molecule has 0 saturated carbocycles. The van der Waals surface area contributed by atoms with Gasteiger partial charge in [-0.15, -0.1) is 0 Å². The van der Waals surface area contributed by atoms with E-state index >= 15 is 0 Å². The molecule has 0 aromatic carbocycles. The van der Waals surface area contributed by atoms with Gasteiger partial charge in [0.2, 0.25) is 0 Å². The third-order valence-electron chi connectivity index (χ3n) is 0.129. The molecule has 2 radical (unpaired) electrons. The van der Waals surface area contributed by atoms with Crippen molar-refractivity contribution < 1.29 is 5.11 Å².